The number of hydrogen-bond acceptors (Lipinski definition) is 9. The Kier molecular flexibility index (Phi) is 6.61. The van der Waals surface area contributed by atoms with Crippen molar-refractivity contribution in [2.45, 2.75) is 13.0 Å². The summed E-state index contributed by atoms with van der Waals surface area (Å²) < 4.78 is 21.3. The molecule has 0 saturated heterocycles. The number of non-ortho nitro benzene ring substituents is 1. The SMILES string of the molecule is COc1ccc(/C=C/C(=O)OC(C)c2nnc(-c3ccc([N+](=O)[O-])cc3)o2)c(OC)c1. The lowest BCUT2D eigenvalue weighted by Crippen LogP contribution is -2.06. The zero-order valence-electron chi connectivity index (χ0n) is 17.0. The predicted molar refractivity (Wildman–Crippen MR) is 109 cm³/mol. The van der Waals surface area contributed by atoms with Crippen LogP contribution in [0.4, 0.5) is 5.69 Å². The van der Waals surface area contributed by atoms with E-state index in [1.54, 1.807) is 38.3 Å². The number of nitrogens with zero attached hydrogens (tertiary/aromatic N) is 3. The maximum atomic E-state index is 12.2. The third kappa shape index (κ3) is 5.24. The molecule has 1 heterocycles. The molecule has 160 valence electrons. The van der Waals surface area contributed by atoms with Crippen LogP contribution < -0.4 is 9.47 Å². The van der Waals surface area contributed by atoms with Crippen molar-refractivity contribution in [1.29, 1.82) is 0 Å². The van der Waals surface area contributed by atoms with Crippen LogP contribution in [0.25, 0.3) is 17.5 Å². The van der Waals surface area contributed by atoms with Crippen molar-refractivity contribution in [3.8, 4) is 23.0 Å². The second-order valence-corrected chi connectivity index (χ2v) is 6.27. The number of nitro groups is 1. The van der Waals surface area contributed by atoms with E-state index in [4.69, 9.17) is 18.6 Å². The number of aromatic nitrogens is 2. The van der Waals surface area contributed by atoms with E-state index in [-0.39, 0.29) is 17.5 Å². The molecule has 0 saturated carbocycles. The summed E-state index contributed by atoms with van der Waals surface area (Å²) in [6.07, 6.45) is 2.02. The minimum absolute atomic E-state index is 0.0499. The average Bonchev–Trinajstić information content (AvgIpc) is 3.28. The molecule has 0 aliphatic heterocycles. The van der Waals surface area contributed by atoms with Crippen LogP contribution in [0.3, 0.4) is 0 Å². The molecule has 3 aromatic rings. The van der Waals surface area contributed by atoms with Gasteiger partial charge in [0.15, 0.2) is 6.10 Å². The van der Waals surface area contributed by atoms with Gasteiger partial charge < -0.3 is 18.6 Å². The first-order chi connectivity index (χ1) is 14.9. The molecule has 31 heavy (non-hydrogen) atoms. The van der Waals surface area contributed by atoms with Crippen LogP contribution in [-0.4, -0.2) is 35.3 Å². The quantitative estimate of drug-likeness (QED) is 0.228. The summed E-state index contributed by atoms with van der Waals surface area (Å²) in [5.74, 6) is 0.815. The minimum atomic E-state index is -0.797. The first-order valence-corrected chi connectivity index (χ1v) is 9.10. The smallest absolute Gasteiger partial charge is 0.331 e. The summed E-state index contributed by atoms with van der Waals surface area (Å²) >= 11 is 0. The van der Waals surface area contributed by atoms with Gasteiger partial charge in [0.25, 0.3) is 11.6 Å². The summed E-state index contributed by atoms with van der Waals surface area (Å²) in [5, 5.41) is 18.5. The lowest BCUT2D eigenvalue weighted by atomic mass is 10.1. The van der Waals surface area contributed by atoms with E-state index in [9.17, 15) is 14.9 Å². The molecule has 0 aliphatic rings. The van der Waals surface area contributed by atoms with Crippen LogP contribution >= 0.6 is 0 Å². The molecule has 2 aromatic carbocycles. The Labute approximate surface area is 177 Å². The van der Waals surface area contributed by atoms with Crippen LogP contribution in [0.5, 0.6) is 11.5 Å². The molecule has 1 atom stereocenters. The van der Waals surface area contributed by atoms with Crippen LogP contribution in [0, 0.1) is 10.1 Å². The van der Waals surface area contributed by atoms with Gasteiger partial charge in [-0.05, 0) is 37.3 Å². The number of benzene rings is 2. The first-order valence-electron chi connectivity index (χ1n) is 9.10. The van der Waals surface area contributed by atoms with E-state index in [0.717, 1.165) is 0 Å². The Morgan fingerprint density at radius 3 is 2.52 bits per heavy atom. The number of carbonyl (C=O) groups is 1. The maximum absolute atomic E-state index is 12.2. The van der Waals surface area contributed by atoms with Crippen molar-refractivity contribution in [2.24, 2.45) is 0 Å². The van der Waals surface area contributed by atoms with Crippen LogP contribution in [0.1, 0.15) is 24.5 Å². The fraction of sp³-hybridized carbons (Fsp3) is 0.190. The highest BCUT2D eigenvalue weighted by Gasteiger charge is 2.18. The van der Waals surface area contributed by atoms with E-state index in [2.05, 4.69) is 10.2 Å². The summed E-state index contributed by atoms with van der Waals surface area (Å²) in [7, 11) is 3.07. The largest absolute Gasteiger partial charge is 0.497 e. The van der Waals surface area contributed by atoms with Gasteiger partial charge in [-0.25, -0.2) is 4.79 Å². The van der Waals surface area contributed by atoms with Crippen molar-refractivity contribution in [3.63, 3.8) is 0 Å². The second-order valence-electron chi connectivity index (χ2n) is 6.27. The number of ether oxygens (including phenoxy) is 3. The molecule has 1 unspecified atom stereocenters. The highest BCUT2D eigenvalue weighted by Crippen LogP contribution is 2.26. The third-order valence-electron chi connectivity index (χ3n) is 4.25. The number of carbonyl (C=O) groups excluding carboxylic acids is 1. The molecular formula is C21H19N3O7. The Morgan fingerprint density at radius 1 is 1.13 bits per heavy atom. The minimum Gasteiger partial charge on any atom is -0.497 e. The molecule has 10 heteroatoms. The topological polar surface area (TPSA) is 127 Å². The Bertz CT molecular complexity index is 1110. The Balaban J connectivity index is 1.65. The first kappa shape index (κ1) is 21.5. The molecule has 0 bridgehead atoms. The van der Waals surface area contributed by atoms with Crippen LogP contribution in [0.2, 0.25) is 0 Å². The van der Waals surface area contributed by atoms with Gasteiger partial charge >= 0.3 is 5.97 Å². The molecule has 0 fully saturated rings. The number of hydrogen-bond donors (Lipinski definition) is 0. The normalized spacial score (nSPS) is 11.8. The Hall–Kier alpha value is -4.21. The standard InChI is InChI=1S/C21H19N3O7/c1-13(20-22-23-21(31-20)15-4-8-16(9-5-15)24(26)27)30-19(25)11-7-14-6-10-17(28-2)12-18(14)29-3/h4-13H,1-3H3/b11-7+. The zero-order chi connectivity index (χ0) is 22.4. The lowest BCUT2D eigenvalue weighted by Gasteiger charge is -2.08. The summed E-state index contributed by atoms with van der Waals surface area (Å²) in [6, 6.07) is 10.9. The van der Waals surface area contributed by atoms with E-state index >= 15 is 0 Å². The predicted octanol–water partition coefficient (Wildman–Crippen LogP) is 3.98. The summed E-state index contributed by atoms with van der Waals surface area (Å²) in [4.78, 5) is 22.4. The fourth-order valence-corrected chi connectivity index (χ4v) is 2.62. The van der Waals surface area contributed by atoms with Gasteiger partial charge in [-0.2, -0.15) is 0 Å². The third-order valence-corrected chi connectivity index (χ3v) is 4.25. The average molecular weight is 425 g/mol. The highest BCUT2D eigenvalue weighted by atomic mass is 16.6. The van der Waals surface area contributed by atoms with Gasteiger partial charge in [-0.15, -0.1) is 10.2 Å². The van der Waals surface area contributed by atoms with E-state index in [1.807, 2.05) is 0 Å². The van der Waals surface area contributed by atoms with E-state index in [1.165, 1.54) is 37.5 Å². The van der Waals surface area contributed by atoms with Crippen molar-refractivity contribution in [2.75, 3.05) is 14.2 Å². The monoisotopic (exact) mass is 425 g/mol. The van der Waals surface area contributed by atoms with Crippen LogP contribution in [0.15, 0.2) is 53.0 Å². The van der Waals surface area contributed by atoms with Gasteiger partial charge in [0.1, 0.15) is 11.5 Å². The van der Waals surface area contributed by atoms with Gasteiger partial charge in [-0.3, -0.25) is 10.1 Å². The van der Waals surface area contributed by atoms with E-state index < -0.39 is 17.0 Å². The van der Waals surface area contributed by atoms with Gasteiger partial charge in [0, 0.05) is 35.4 Å². The molecule has 1 aromatic heterocycles. The van der Waals surface area contributed by atoms with Crippen molar-refractivity contribution in [3.05, 3.63) is 70.1 Å². The van der Waals surface area contributed by atoms with Gasteiger partial charge in [0.2, 0.25) is 5.89 Å². The van der Waals surface area contributed by atoms with Crippen molar-refractivity contribution in [1.82, 2.24) is 10.2 Å². The molecule has 3 rings (SSSR count). The molecule has 0 amide bonds. The number of rotatable bonds is 8. The molecular weight excluding hydrogens is 406 g/mol. The van der Waals surface area contributed by atoms with Crippen molar-refractivity contribution < 1.29 is 28.3 Å². The number of esters is 1. The number of methoxy groups -OCH3 is 2. The molecule has 10 nitrogen and oxygen atoms in total. The second kappa shape index (κ2) is 9.53. The van der Waals surface area contributed by atoms with Gasteiger partial charge in [0.05, 0.1) is 19.1 Å². The lowest BCUT2D eigenvalue weighted by molar-refractivity contribution is -0.384. The fourth-order valence-electron chi connectivity index (χ4n) is 2.62. The molecule has 0 aliphatic carbocycles. The maximum Gasteiger partial charge on any atom is 0.331 e. The molecule has 0 spiro atoms. The molecule has 0 N–H and O–H groups in total. The van der Waals surface area contributed by atoms with Gasteiger partial charge in [-0.1, -0.05) is 0 Å². The van der Waals surface area contributed by atoms with Crippen LogP contribution in [-0.2, 0) is 9.53 Å². The highest BCUT2D eigenvalue weighted by molar-refractivity contribution is 5.87. The Morgan fingerprint density at radius 2 is 1.87 bits per heavy atom. The molecule has 0 radical (unpaired) electrons. The summed E-state index contributed by atoms with van der Waals surface area (Å²) in [6.45, 7) is 1.59. The summed E-state index contributed by atoms with van der Waals surface area (Å²) in [5.41, 5.74) is 1.13. The van der Waals surface area contributed by atoms with Crippen molar-refractivity contribution >= 4 is 17.7 Å². The number of nitro benzene ring substituents is 1. The van der Waals surface area contributed by atoms with E-state index in [0.29, 0.717) is 22.6 Å². The zero-order valence-corrected chi connectivity index (χ0v) is 17.0.